The van der Waals surface area contributed by atoms with Gasteiger partial charge in [-0.15, -0.1) is 0 Å². The molecular weight excluding hydrogens is 224 g/mol. The summed E-state index contributed by atoms with van der Waals surface area (Å²) in [6, 6.07) is 0.558. The van der Waals surface area contributed by atoms with Crippen LogP contribution in [0.15, 0.2) is 10.6 Å². The van der Waals surface area contributed by atoms with E-state index >= 15 is 0 Å². The van der Waals surface area contributed by atoms with Gasteiger partial charge < -0.3 is 9.73 Å². The molecule has 0 atom stereocenters. The van der Waals surface area contributed by atoms with Crippen molar-refractivity contribution in [2.24, 2.45) is 0 Å². The highest BCUT2D eigenvalue weighted by Crippen LogP contribution is 2.40. The number of hydrogen-bond donors (Lipinski definition) is 1. The molecule has 2 rings (SSSR count). The lowest BCUT2D eigenvalue weighted by atomic mass is 9.87. The minimum absolute atomic E-state index is 0.251. The summed E-state index contributed by atoms with van der Waals surface area (Å²) in [4.78, 5) is 4.43. The lowest BCUT2D eigenvalue weighted by Gasteiger charge is -2.19. The van der Waals surface area contributed by atoms with E-state index in [2.05, 4.69) is 31.1 Å². The number of hydrogen-bond acceptors (Lipinski definition) is 3. The molecule has 0 spiro atoms. The Morgan fingerprint density at radius 3 is 2.78 bits per heavy atom. The molecule has 0 aliphatic heterocycles. The molecule has 1 aromatic heterocycles. The van der Waals surface area contributed by atoms with Crippen LogP contribution in [0.25, 0.3) is 0 Å². The Morgan fingerprint density at radius 2 is 2.11 bits per heavy atom. The maximum Gasteiger partial charge on any atom is 0.194 e. The van der Waals surface area contributed by atoms with E-state index in [-0.39, 0.29) is 5.41 Å². The molecule has 102 valence electrons. The molecule has 1 fully saturated rings. The molecule has 0 bridgehead atoms. The number of nitrogens with one attached hydrogen (secondary N) is 1. The van der Waals surface area contributed by atoms with Crippen LogP contribution in [0.2, 0.25) is 0 Å². The summed E-state index contributed by atoms with van der Waals surface area (Å²) in [7, 11) is 0. The van der Waals surface area contributed by atoms with E-state index < -0.39 is 0 Å². The summed E-state index contributed by atoms with van der Waals surface area (Å²) < 4.78 is 5.94. The molecule has 0 aromatic carbocycles. The lowest BCUT2D eigenvalue weighted by Crippen LogP contribution is -2.23. The van der Waals surface area contributed by atoms with E-state index in [1.54, 1.807) is 0 Å². The van der Waals surface area contributed by atoms with E-state index in [9.17, 15) is 0 Å². The number of rotatable bonds is 6. The van der Waals surface area contributed by atoms with Gasteiger partial charge >= 0.3 is 0 Å². The quantitative estimate of drug-likeness (QED) is 0.786. The van der Waals surface area contributed by atoms with Crippen molar-refractivity contribution in [3.05, 3.63) is 17.8 Å². The van der Waals surface area contributed by atoms with Crippen molar-refractivity contribution < 1.29 is 4.42 Å². The highest BCUT2D eigenvalue weighted by molar-refractivity contribution is 5.11. The van der Waals surface area contributed by atoms with Gasteiger partial charge in [0.15, 0.2) is 5.89 Å². The molecule has 1 aliphatic rings. The van der Waals surface area contributed by atoms with Crippen molar-refractivity contribution in [2.75, 3.05) is 6.54 Å². The van der Waals surface area contributed by atoms with Crippen LogP contribution in [-0.2, 0) is 11.8 Å². The summed E-state index contributed by atoms with van der Waals surface area (Å²) in [5.74, 6) is 2.01. The monoisotopic (exact) mass is 250 g/mol. The molecule has 0 amide bonds. The zero-order valence-electron chi connectivity index (χ0n) is 12.0. The van der Waals surface area contributed by atoms with Crippen LogP contribution < -0.4 is 5.32 Å². The van der Waals surface area contributed by atoms with Crippen LogP contribution in [0.4, 0.5) is 0 Å². The molecule has 0 radical (unpaired) electrons. The molecule has 1 heterocycles. The Morgan fingerprint density at radius 1 is 1.39 bits per heavy atom. The van der Waals surface area contributed by atoms with Crippen molar-refractivity contribution in [3.63, 3.8) is 0 Å². The van der Waals surface area contributed by atoms with Gasteiger partial charge in [0.1, 0.15) is 5.76 Å². The summed E-state index contributed by atoms with van der Waals surface area (Å²) >= 11 is 0. The molecular formula is C15H26N2O. The lowest BCUT2D eigenvalue weighted by molar-refractivity contribution is 0.346. The van der Waals surface area contributed by atoms with Gasteiger partial charge in [-0.25, -0.2) is 4.98 Å². The second-order valence-electron chi connectivity index (χ2n) is 6.10. The average molecular weight is 250 g/mol. The predicted molar refractivity (Wildman–Crippen MR) is 73.8 cm³/mol. The standard InChI is InChI=1S/C15H26N2O/c1-12(2)16-10-6-7-14-17-11-13(18-14)15(3)8-4-5-9-15/h11-12,16H,4-10H2,1-3H3. The third kappa shape index (κ3) is 3.35. The number of oxazole rings is 1. The third-order valence-corrected chi connectivity index (χ3v) is 3.98. The molecule has 1 aliphatic carbocycles. The molecule has 1 aromatic rings. The van der Waals surface area contributed by atoms with Gasteiger partial charge in [0, 0.05) is 17.9 Å². The van der Waals surface area contributed by atoms with Crippen LogP contribution in [-0.4, -0.2) is 17.6 Å². The van der Waals surface area contributed by atoms with Gasteiger partial charge in [0.05, 0.1) is 6.20 Å². The molecule has 18 heavy (non-hydrogen) atoms. The fourth-order valence-corrected chi connectivity index (χ4v) is 2.74. The average Bonchev–Trinajstić information content (AvgIpc) is 2.94. The molecule has 0 unspecified atom stereocenters. The Hall–Kier alpha value is -0.830. The number of nitrogens with zero attached hydrogens (tertiary/aromatic N) is 1. The largest absolute Gasteiger partial charge is 0.445 e. The zero-order valence-corrected chi connectivity index (χ0v) is 12.0. The van der Waals surface area contributed by atoms with Crippen LogP contribution >= 0.6 is 0 Å². The van der Waals surface area contributed by atoms with E-state index in [0.29, 0.717) is 6.04 Å². The van der Waals surface area contributed by atoms with Gasteiger partial charge in [-0.3, -0.25) is 0 Å². The Balaban J connectivity index is 1.83. The van der Waals surface area contributed by atoms with Gasteiger partial charge in [0.25, 0.3) is 0 Å². The Kier molecular flexibility index (Phi) is 4.44. The first-order valence-corrected chi connectivity index (χ1v) is 7.29. The SMILES string of the molecule is CC(C)NCCCc1ncc(C2(C)CCCC2)o1. The minimum atomic E-state index is 0.251. The van der Waals surface area contributed by atoms with Crippen molar-refractivity contribution in [3.8, 4) is 0 Å². The second-order valence-corrected chi connectivity index (χ2v) is 6.10. The fourth-order valence-electron chi connectivity index (χ4n) is 2.74. The van der Waals surface area contributed by atoms with Crippen molar-refractivity contribution >= 4 is 0 Å². The van der Waals surface area contributed by atoms with Crippen LogP contribution in [0.1, 0.15) is 64.5 Å². The van der Waals surface area contributed by atoms with Gasteiger partial charge in [-0.2, -0.15) is 0 Å². The second kappa shape index (κ2) is 5.87. The molecule has 3 heteroatoms. The Labute approximate surface area is 110 Å². The van der Waals surface area contributed by atoms with E-state index in [4.69, 9.17) is 4.42 Å². The minimum Gasteiger partial charge on any atom is -0.445 e. The van der Waals surface area contributed by atoms with Crippen LogP contribution in [0.3, 0.4) is 0 Å². The summed E-state index contributed by atoms with van der Waals surface area (Å²) in [6.45, 7) is 7.69. The smallest absolute Gasteiger partial charge is 0.194 e. The summed E-state index contributed by atoms with van der Waals surface area (Å²) in [6.07, 6.45) is 9.13. The predicted octanol–water partition coefficient (Wildman–Crippen LogP) is 3.44. The maximum atomic E-state index is 5.94. The van der Waals surface area contributed by atoms with E-state index in [1.165, 1.54) is 25.7 Å². The molecule has 1 N–H and O–H groups in total. The van der Waals surface area contributed by atoms with Gasteiger partial charge in [-0.1, -0.05) is 33.6 Å². The summed E-state index contributed by atoms with van der Waals surface area (Å²) in [5, 5.41) is 3.42. The highest BCUT2D eigenvalue weighted by Gasteiger charge is 2.33. The molecule has 1 saturated carbocycles. The van der Waals surface area contributed by atoms with Crippen LogP contribution in [0, 0.1) is 0 Å². The van der Waals surface area contributed by atoms with Crippen molar-refractivity contribution in [1.82, 2.24) is 10.3 Å². The molecule has 0 saturated heterocycles. The number of aryl methyl sites for hydroxylation is 1. The van der Waals surface area contributed by atoms with E-state index in [0.717, 1.165) is 31.0 Å². The first-order valence-electron chi connectivity index (χ1n) is 7.29. The fraction of sp³-hybridized carbons (Fsp3) is 0.800. The maximum absolute atomic E-state index is 5.94. The third-order valence-electron chi connectivity index (χ3n) is 3.98. The number of aromatic nitrogens is 1. The van der Waals surface area contributed by atoms with Gasteiger partial charge in [-0.05, 0) is 25.8 Å². The normalized spacial score (nSPS) is 18.7. The van der Waals surface area contributed by atoms with Crippen molar-refractivity contribution in [1.29, 1.82) is 0 Å². The topological polar surface area (TPSA) is 38.1 Å². The highest BCUT2D eigenvalue weighted by atomic mass is 16.4. The Bertz CT molecular complexity index is 364. The first kappa shape index (κ1) is 13.6. The van der Waals surface area contributed by atoms with Crippen LogP contribution in [0.5, 0.6) is 0 Å². The van der Waals surface area contributed by atoms with Crippen molar-refractivity contribution in [2.45, 2.75) is 70.8 Å². The zero-order chi connectivity index (χ0) is 13.0. The first-order chi connectivity index (χ1) is 8.60. The van der Waals surface area contributed by atoms with Gasteiger partial charge in [0.2, 0.25) is 0 Å². The van der Waals surface area contributed by atoms with E-state index in [1.807, 2.05) is 6.20 Å². The molecule has 3 nitrogen and oxygen atoms in total. The summed E-state index contributed by atoms with van der Waals surface area (Å²) in [5.41, 5.74) is 0.251.